The lowest BCUT2D eigenvalue weighted by Crippen LogP contribution is -2.45. The Hall–Kier alpha value is -2.03. The van der Waals surface area contributed by atoms with Gasteiger partial charge in [0.05, 0.1) is 12.5 Å². The van der Waals surface area contributed by atoms with Crippen LogP contribution in [0.3, 0.4) is 0 Å². The summed E-state index contributed by atoms with van der Waals surface area (Å²) in [6, 6.07) is 0.206. The molecule has 0 bridgehead atoms. The van der Waals surface area contributed by atoms with E-state index in [1.165, 1.54) is 6.42 Å². The van der Waals surface area contributed by atoms with Gasteiger partial charge in [-0.25, -0.2) is 0 Å². The highest BCUT2D eigenvalue weighted by molar-refractivity contribution is 5.88. The zero-order valence-corrected chi connectivity index (χ0v) is 14.4. The van der Waals surface area contributed by atoms with Crippen molar-refractivity contribution in [3.05, 3.63) is 0 Å². The summed E-state index contributed by atoms with van der Waals surface area (Å²) in [5, 5.41) is 2.43. The zero-order valence-electron chi connectivity index (χ0n) is 14.4. The SMILES string of the molecule is C#CCNC(=O)COC(=O)[C@@H]1CC(=O)N([C@H]2CCC[C@@H](C)[C@H]2C)C1. The molecule has 2 amide bonds. The van der Waals surface area contributed by atoms with Crippen molar-refractivity contribution in [2.24, 2.45) is 17.8 Å². The molecule has 6 nitrogen and oxygen atoms in total. The molecule has 0 aromatic carbocycles. The Balaban J connectivity index is 1.86. The number of esters is 1. The minimum atomic E-state index is -0.488. The average Bonchev–Trinajstić information content (AvgIpc) is 2.95. The second kappa shape index (κ2) is 8.18. The van der Waals surface area contributed by atoms with Crippen molar-refractivity contribution < 1.29 is 19.1 Å². The molecule has 1 heterocycles. The van der Waals surface area contributed by atoms with Crippen molar-refractivity contribution in [1.29, 1.82) is 0 Å². The van der Waals surface area contributed by atoms with Crippen molar-refractivity contribution in [2.75, 3.05) is 19.7 Å². The van der Waals surface area contributed by atoms with Crippen LogP contribution in [0.1, 0.15) is 39.5 Å². The third-order valence-electron chi connectivity index (χ3n) is 5.29. The Kier molecular flexibility index (Phi) is 6.24. The normalized spacial score (nSPS) is 29.9. The highest BCUT2D eigenvalue weighted by atomic mass is 16.5. The van der Waals surface area contributed by atoms with E-state index < -0.39 is 17.8 Å². The van der Waals surface area contributed by atoms with Crippen LogP contribution in [0.2, 0.25) is 0 Å². The van der Waals surface area contributed by atoms with Crippen LogP contribution in [0.5, 0.6) is 0 Å². The smallest absolute Gasteiger partial charge is 0.311 e. The molecule has 2 aliphatic rings. The van der Waals surface area contributed by atoms with E-state index >= 15 is 0 Å². The summed E-state index contributed by atoms with van der Waals surface area (Å²) >= 11 is 0. The fraction of sp³-hybridized carbons (Fsp3) is 0.722. The van der Waals surface area contributed by atoms with Gasteiger partial charge in [-0.2, -0.15) is 0 Å². The predicted molar refractivity (Wildman–Crippen MR) is 88.6 cm³/mol. The van der Waals surface area contributed by atoms with Gasteiger partial charge < -0.3 is 15.0 Å². The summed E-state index contributed by atoms with van der Waals surface area (Å²) in [5.74, 6) is 1.90. The number of terminal acetylenes is 1. The summed E-state index contributed by atoms with van der Waals surface area (Å²) < 4.78 is 5.02. The first kappa shape index (κ1) is 18.3. The molecule has 132 valence electrons. The number of carbonyl (C=O) groups excluding carboxylic acids is 3. The van der Waals surface area contributed by atoms with Gasteiger partial charge in [0.25, 0.3) is 5.91 Å². The fourth-order valence-electron chi connectivity index (χ4n) is 3.66. The second-order valence-electron chi connectivity index (χ2n) is 6.87. The van der Waals surface area contributed by atoms with Crippen LogP contribution >= 0.6 is 0 Å². The van der Waals surface area contributed by atoms with Gasteiger partial charge in [-0.3, -0.25) is 14.4 Å². The van der Waals surface area contributed by atoms with E-state index in [0.29, 0.717) is 18.4 Å². The predicted octanol–water partition coefficient (Wildman–Crippen LogP) is 0.952. The summed E-state index contributed by atoms with van der Waals surface area (Å²) in [6.07, 6.45) is 8.51. The molecule has 6 heteroatoms. The van der Waals surface area contributed by atoms with Crippen LogP contribution in [0, 0.1) is 30.1 Å². The number of rotatable bonds is 5. The second-order valence-corrected chi connectivity index (χ2v) is 6.87. The number of ether oxygens (including phenoxy) is 1. The van der Waals surface area contributed by atoms with Crippen LogP contribution in [0.25, 0.3) is 0 Å². The zero-order chi connectivity index (χ0) is 17.7. The van der Waals surface area contributed by atoms with Gasteiger partial charge in [0.15, 0.2) is 6.61 Å². The molecule has 1 aliphatic heterocycles. The molecular formula is C18H26N2O4. The van der Waals surface area contributed by atoms with Gasteiger partial charge in [-0.15, -0.1) is 6.42 Å². The molecule has 2 rings (SSSR count). The monoisotopic (exact) mass is 334 g/mol. The number of nitrogens with zero attached hydrogens (tertiary/aromatic N) is 1. The van der Waals surface area contributed by atoms with Crippen molar-refractivity contribution in [3.8, 4) is 12.3 Å². The standard InChI is InChI=1S/C18H26N2O4/c1-4-8-19-16(21)11-24-18(23)14-9-17(22)20(10-14)15-7-5-6-12(2)13(15)3/h1,12-15H,5-11H2,2-3H3,(H,19,21)/t12-,13-,14-,15+/m1/s1. The molecule has 0 unspecified atom stereocenters. The first-order chi connectivity index (χ1) is 11.4. The lowest BCUT2D eigenvalue weighted by atomic mass is 9.77. The lowest BCUT2D eigenvalue weighted by molar-refractivity contribution is -0.152. The Morgan fingerprint density at radius 2 is 2.12 bits per heavy atom. The van der Waals surface area contributed by atoms with Gasteiger partial charge in [0, 0.05) is 19.0 Å². The van der Waals surface area contributed by atoms with Gasteiger partial charge in [0.2, 0.25) is 5.91 Å². The van der Waals surface area contributed by atoms with E-state index in [9.17, 15) is 14.4 Å². The number of likely N-dealkylation sites (tertiary alicyclic amines) is 1. The van der Waals surface area contributed by atoms with Crippen molar-refractivity contribution >= 4 is 17.8 Å². The van der Waals surface area contributed by atoms with E-state index in [-0.39, 0.29) is 31.5 Å². The number of nitrogens with one attached hydrogen (secondary N) is 1. The summed E-state index contributed by atoms with van der Waals surface area (Å²) in [7, 11) is 0. The van der Waals surface area contributed by atoms with E-state index in [1.807, 2.05) is 4.90 Å². The minimum Gasteiger partial charge on any atom is -0.455 e. The van der Waals surface area contributed by atoms with Gasteiger partial charge >= 0.3 is 5.97 Å². The van der Waals surface area contributed by atoms with Gasteiger partial charge in [-0.1, -0.05) is 32.6 Å². The Labute approximate surface area is 143 Å². The Morgan fingerprint density at radius 1 is 1.38 bits per heavy atom. The number of hydrogen-bond donors (Lipinski definition) is 1. The quantitative estimate of drug-likeness (QED) is 0.600. The molecule has 0 aromatic heterocycles. The highest BCUT2D eigenvalue weighted by Crippen LogP contribution is 2.35. The fourth-order valence-corrected chi connectivity index (χ4v) is 3.66. The van der Waals surface area contributed by atoms with E-state index in [0.717, 1.165) is 12.8 Å². The van der Waals surface area contributed by atoms with Crippen LogP contribution in [0.4, 0.5) is 0 Å². The molecule has 1 N–H and O–H groups in total. The molecule has 1 aliphatic carbocycles. The summed E-state index contributed by atoms with van der Waals surface area (Å²) in [5.41, 5.74) is 0. The topological polar surface area (TPSA) is 75.7 Å². The van der Waals surface area contributed by atoms with E-state index in [2.05, 4.69) is 25.1 Å². The first-order valence-electron chi connectivity index (χ1n) is 8.60. The molecular weight excluding hydrogens is 308 g/mol. The Morgan fingerprint density at radius 3 is 2.83 bits per heavy atom. The molecule has 0 radical (unpaired) electrons. The largest absolute Gasteiger partial charge is 0.455 e. The lowest BCUT2D eigenvalue weighted by Gasteiger charge is -2.39. The molecule has 1 saturated heterocycles. The van der Waals surface area contributed by atoms with Gasteiger partial charge in [0.1, 0.15) is 0 Å². The molecule has 24 heavy (non-hydrogen) atoms. The average molecular weight is 334 g/mol. The summed E-state index contributed by atoms with van der Waals surface area (Å²) in [6.45, 7) is 4.54. The van der Waals surface area contributed by atoms with Crippen molar-refractivity contribution in [3.63, 3.8) is 0 Å². The maximum absolute atomic E-state index is 12.3. The maximum atomic E-state index is 12.3. The third-order valence-corrected chi connectivity index (χ3v) is 5.29. The third kappa shape index (κ3) is 4.28. The number of hydrogen-bond acceptors (Lipinski definition) is 4. The Bertz CT molecular complexity index is 540. The molecule has 1 saturated carbocycles. The van der Waals surface area contributed by atoms with E-state index in [4.69, 9.17) is 11.2 Å². The number of amides is 2. The first-order valence-corrected chi connectivity index (χ1v) is 8.60. The van der Waals surface area contributed by atoms with Crippen LogP contribution < -0.4 is 5.32 Å². The molecule has 0 aromatic rings. The molecule has 4 atom stereocenters. The van der Waals surface area contributed by atoms with Crippen LogP contribution in [-0.2, 0) is 19.1 Å². The minimum absolute atomic E-state index is 0.0136. The van der Waals surface area contributed by atoms with Gasteiger partial charge in [-0.05, 0) is 18.3 Å². The van der Waals surface area contributed by atoms with Crippen molar-refractivity contribution in [1.82, 2.24) is 10.2 Å². The number of carbonyl (C=O) groups is 3. The van der Waals surface area contributed by atoms with Crippen LogP contribution in [0.15, 0.2) is 0 Å². The molecule has 2 fully saturated rings. The molecule has 0 spiro atoms. The summed E-state index contributed by atoms with van der Waals surface area (Å²) in [4.78, 5) is 37.7. The highest BCUT2D eigenvalue weighted by Gasteiger charge is 2.42. The van der Waals surface area contributed by atoms with Crippen molar-refractivity contribution in [2.45, 2.75) is 45.6 Å². The maximum Gasteiger partial charge on any atom is 0.311 e. The van der Waals surface area contributed by atoms with Crippen LogP contribution in [-0.4, -0.2) is 48.4 Å². The van der Waals surface area contributed by atoms with E-state index in [1.54, 1.807) is 0 Å².